The maximum Gasteiger partial charge on any atom is 0.168 e. The first-order valence-corrected chi connectivity index (χ1v) is 5.29. The molecule has 0 amide bonds. The van der Waals surface area contributed by atoms with Gasteiger partial charge >= 0.3 is 0 Å². The van der Waals surface area contributed by atoms with Crippen molar-refractivity contribution in [3.8, 4) is 5.75 Å². The van der Waals surface area contributed by atoms with Crippen molar-refractivity contribution >= 4 is 5.97 Å². The van der Waals surface area contributed by atoms with Crippen LogP contribution < -0.4 is 20.5 Å². The molecule has 0 bridgehead atoms. The molecule has 0 aliphatic rings. The summed E-state index contributed by atoms with van der Waals surface area (Å²) >= 11 is 0. The van der Waals surface area contributed by atoms with Gasteiger partial charge in [-0.2, -0.15) is 0 Å². The van der Waals surface area contributed by atoms with Crippen LogP contribution in [0, 0.1) is 0 Å². The Kier molecular flexibility index (Phi) is 4.72. The second-order valence-corrected chi connectivity index (χ2v) is 3.79. The summed E-state index contributed by atoms with van der Waals surface area (Å²) in [4.78, 5) is 10.4. The van der Waals surface area contributed by atoms with Gasteiger partial charge in [-0.3, -0.25) is 0 Å². The number of aryl methyl sites for hydroxylation is 1. The molecule has 0 aliphatic carbocycles. The molecule has 1 unspecified atom stereocenters. The molecule has 5 heteroatoms. The maximum absolute atomic E-state index is 11.0. The van der Waals surface area contributed by atoms with Crippen molar-refractivity contribution in [3.05, 3.63) is 24.5 Å². The number of aliphatic carboxylic acids is 1. The maximum atomic E-state index is 11.0. The van der Waals surface area contributed by atoms with E-state index in [-0.39, 0.29) is 5.75 Å². The minimum absolute atomic E-state index is 0.0210. The van der Waals surface area contributed by atoms with Gasteiger partial charge in [0.1, 0.15) is 12.6 Å². The highest BCUT2D eigenvalue weighted by molar-refractivity contribution is 5.68. The number of carbonyl (C=O) groups is 1. The summed E-state index contributed by atoms with van der Waals surface area (Å²) in [6.45, 7) is 0.718. The summed E-state index contributed by atoms with van der Waals surface area (Å²) in [7, 11) is 0. The predicted octanol–water partition coefficient (Wildman–Crippen LogP) is -2.42. The molecule has 1 aromatic rings. The Hall–Kier alpha value is -1.62. The Bertz CT molecular complexity index is 355. The number of quaternary nitrogens is 1. The third kappa shape index (κ3) is 4.27. The van der Waals surface area contributed by atoms with Gasteiger partial charge in [0.2, 0.25) is 0 Å². The van der Waals surface area contributed by atoms with Gasteiger partial charge in [0.05, 0.1) is 5.97 Å². The molecule has 1 aromatic heterocycles. The van der Waals surface area contributed by atoms with Crippen molar-refractivity contribution in [2.75, 3.05) is 0 Å². The van der Waals surface area contributed by atoms with Crippen molar-refractivity contribution in [2.45, 2.75) is 31.8 Å². The lowest BCUT2D eigenvalue weighted by molar-refractivity contribution is -0.699. The lowest BCUT2D eigenvalue weighted by Crippen LogP contribution is -2.68. The van der Waals surface area contributed by atoms with Crippen LogP contribution in [0.15, 0.2) is 24.5 Å². The van der Waals surface area contributed by atoms with Crippen LogP contribution in [0.3, 0.4) is 0 Å². The highest BCUT2D eigenvalue weighted by atomic mass is 16.4. The van der Waals surface area contributed by atoms with Crippen LogP contribution in [0.1, 0.15) is 19.3 Å². The molecule has 5 nitrogen and oxygen atoms in total. The van der Waals surface area contributed by atoms with Crippen LogP contribution in [-0.4, -0.2) is 12.0 Å². The Labute approximate surface area is 94.1 Å². The van der Waals surface area contributed by atoms with Crippen LogP contribution in [0.2, 0.25) is 0 Å². The summed E-state index contributed by atoms with van der Waals surface area (Å²) < 4.78 is 1.81. The van der Waals surface area contributed by atoms with Crippen molar-refractivity contribution < 1.29 is 25.3 Å². The van der Waals surface area contributed by atoms with E-state index in [9.17, 15) is 15.0 Å². The number of aromatic nitrogens is 1. The van der Waals surface area contributed by atoms with E-state index in [1.54, 1.807) is 10.6 Å². The normalized spacial score (nSPS) is 12.3. The zero-order valence-corrected chi connectivity index (χ0v) is 9.09. The smallest absolute Gasteiger partial charge is 0.168 e. The number of pyridine rings is 1. The van der Waals surface area contributed by atoms with E-state index in [2.05, 4.69) is 5.73 Å². The monoisotopic (exact) mass is 224 g/mol. The number of carboxylic acid groups (broad SMARTS) is 1. The van der Waals surface area contributed by atoms with Gasteiger partial charge in [0, 0.05) is 18.9 Å². The van der Waals surface area contributed by atoms with E-state index in [0.717, 1.165) is 19.4 Å². The predicted molar refractivity (Wildman–Crippen MR) is 51.6 cm³/mol. The fourth-order valence-corrected chi connectivity index (χ4v) is 1.44. The lowest BCUT2D eigenvalue weighted by atomic mass is 10.1. The molecule has 0 aliphatic heterocycles. The molecule has 1 heterocycles. The van der Waals surface area contributed by atoms with Gasteiger partial charge in [0.15, 0.2) is 12.4 Å². The molecule has 1 rings (SSSR count). The molecular weight excluding hydrogens is 208 g/mol. The number of hydrogen-bond donors (Lipinski definition) is 1. The van der Waals surface area contributed by atoms with Crippen LogP contribution in [0.25, 0.3) is 0 Å². The third-order valence-corrected chi connectivity index (χ3v) is 2.38. The second-order valence-electron chi connectivity index (χ2n) is 3.79. The molecular formula is C11H16N2O3. The first kappa shape index (κ1) is 12.4. The molecule has 3 N–H and O–H groups in total. The number of carbonyl (C=O) groups excluding carboxylic acids is 1. The van der Waals surface area contributed by atoms with Gasteiger partial charge in [-0.15, -0.1) is 0 Å². The Morgan fingerprint density at radius 2 is 2.25 bits per heavy atom. The molecule has 88 valence electrons. The highest BCUT2D eigenvalue weighted by Gasteiger charge is 2.07. The summed E-state index contributed by atoms with van der Waals surface area (Å²) in [5.41, 5.74) is 3.48. The average Bonchev–Trinajstić information content (AvgIpc) is 2.24. The van der Waals surface area contributed by atoms with Gasteiger partial charge in [0.25, 0.3) is 0 Å². The van der Waals surface area contributed by atoms with Crippen molar-refractivity contribution in [3.63, 3.8) is 0 Å². The number of nitrogens with zero attached hydrogens (tertiary/aromatic N) is 1. The zero-order chi connectivity index (χ0) is 12.0. The number of hydrogen-bond acceptors (Lipinski definition) is 3. The van der Waals surface area contributed by atoms with Gasteiger partial charge in [-0.05, 0) is 12.2 Å². The van der Waals surface area contributed by atoms with Crippen LogP contribution in [0.4, 0.5) is 0 Å². The summed E-state index contributed by atoms with van der Waals surface area (Å²) in [5.74, 6) is -1.12. The first-order chi connectivity index (χ1) is 7.59. The summed E-state index contributed by atoms with van der Waals surface area (Å²) in [6.07, 6.45) is 5.45. The van der Waals surface area contributed by atoms with E-state index in [4.69, 9.17) is 0 Å². The van der Waals surface area contributed by atoms with Gasteiger partial charge in [-0.1, -0.05) is 6.07 Å². The molecule has 0 spiro atoms. The van der Waals surface area contributed by atoms with Crippen LogP contribution >= 0.6 is 0 Å². The molecule has 0 fully saturated rings. The average molecular weight is 224 g/mol. The van der Waals surface area contributed by atoms with Crippen LogP contribution in [-0.2, 0) is 11.3 Å². The molecule has 0 saturated heterocycles. The van der Waals surface area contributed by atoms with Crippen molar-refractivity contribution in [1.29, 1.82) is 0 Å². The standard InChI is InChI=1S/C11H16N2O3/c12-10(11(15)16)5-1-2-6-13-7-3-4-9(14)8-13/h3-4,7-8,10H,1-2,5-6,12H2,(H-,14,15,16). The summed E-state index contributed by atoms with van der Waals surface area (Å²) in [6, 6.07) is 2.56. The van der Waals surface area contributed by atoms with Crippen molar-refractivity contribution in [2.24, 2.45) is 0 Å². The first-order valence-electron chi connectivity index (χ1n) is 5.29. The minimum atomic E-state index is -1.10. The number of carboxylic acids is 1. The Morgan fingerprint density at radius 1 is 1.50 bits per heavy atom. The van der Waals surface area contributed by atoms with Crippen molar-refractivity contribution in [1.82, 2.24) is 0 Å². The van der Waals surface area contributed by atoms with E-state index in [0.29, 0.717) is 6.42 Å². The van der Waals surface area contributed by atoms with Gasteiger partial charge in [-0.25, -0.2) is 4.57 Å². The molecule has 16 heavy (non-hydrogen) atoms. The molecule has 0 saturated carbocycles. The van der Waals surface area contributed by atoms with E-state index in [1.807, 2.05) is 6.20 Å². The van der Waals surface area contributed by atoms with E-state index >= 15 is 0 Å². The fraction of sp³-hybridized carbons (Fsp3) is 0.455. The number of rotatable bonds is 6. The van der Waals surface area contributed by atoms with E-state index < -0.39 is 12.0 Å². The van der Waals surface area contributed by atoms with E-state index in [1.165, 1.54) is 12.3 Å². The quantitative estimate of drug-likeness (QED) is 0.430. The highest BCUT2D eigenvalue weighted by Crippen LogP contribution is 1.99. The topological polar surface area (TPSA) is 94.7 Å². The molecule has 1 atom stereocenters. The van der Waals surface area contributed by atoms with Crippen LogP contribution in [0.5, 0.6) is 5.75 Å². The van der Waals surface area contributed by atoms with Gasteiger partial charge < -0.3 is 20.7 Å². The largest absolute Gasteiger partial charge is 0.868 e. The number of unbranched alkanes of at least 4 members (excludes halogenated alkanes) is 1. The third-order valence-electron chi connectivity index (χ3n) is 2.38. The fourth-order valence-electron chi connectivity index (χ4n) is 1.44. The molecule has 0 radical (unpaired) electrons. The lowest BCUT2D eigenvalue weighted by Gasteiger charge is -2.08. The second kappa shape index (κ2) is 6.07. The Balaban J connectivity index is 2.23. The molecule has 0 aromatic carbocycles. The zero-order valence-electron chi connectivity index (χ0n) is 9.09. The summed E-state index contributed by atoms with van der Waals surface area (Å²) in [5, 5.41) is 21.4. The minimum Gasteiger partial charge on any atom is -0.868 e. The Morgan fingerprint density at radius 3 is 2.88 bits per heavy atom. The SMILES string of the molecule is [NH3+]C(CCCC[n+]1cccc([O-])c1)C(=O)[O-].